The quantitative estimate of drug-likeness (QED) is 0.838. The molecule has 0 saturated heterocycles. The van der Waals surface area contributed by atoms with Crippen molar-refractivity contribution in [2.45, 2.75) is 17.3 Å². The van der Waals surface area contributed by atoms with Gasteiger partial charge in [-0.3, -0.25) is 9.89 Å². The molecule has 0 saturated carbocycles. The van der Waals surface area contributed by atoms with Gasteiger partial charge < -0.3 is 5.32 Å². The van der Waals surface area contributed by atoms with Crippen LogP contribution in [0, 0.1) is 0 Å². The van der Waals surface area contributed by atoms with Gasteiger partial charge in [-0.1, -0.05) is 23.4 Å². The number of pyridine rings is 1. The van der Waals surface area contributed by atoms with Crippen molar-refractivity contribution in [3.8, 4) is 0 Å². The van der Waals surface area contributed by atoms with E-state index >= 15 is 0 Å². The summed E-state index contributed by atoms with van der Waals surface area (Å²) >= 11 is 6.99. The molecule has 0 spiro atoms. The predicted molar refractivity (Wildman–Crippen MR) is 69.6 cm³/mol. The SMILES string of the molecule is C[C@@H](Sc1ncn[nH]1)C(=O)Nc1ccc(Cl)cn1. The van der Waals surface area contributed by atoms with E-state index in [-0.39, 0.29) is 11.2 Å². The van der Waals surface area contributed by atoms with Crippen LogP contribution < -0.4 is 5.32 Å². The second-order valence-corrected chi connectivity index (χ2v) is 5.17. The number of hydrogen-bond donors (Lipinski definition) is 2. The highest BCUT2D eigenvalue weighted by Gasteiger charge is 2.16. The van der Waals surface area contributed by atoms with Gasteiger partial charge in [-0.15, -0.1) is 0 Å². The average Bonchev–Trinajstić information content (AvgIpc) is 2.85. The zero-order valence-electron chi connectivity index (χ0n) is 9.42. The summed E-state index contributed by atoms with van der Waals surface area (Å²) in [6.45, 7) is 1.78. The maximum Gasteiger partial charge on any atom is 0.238 e. The van der Waals surface area contributed by atoms with Crippen LogP contribution in [0.5, 0.6) is 0 Å². The third kappa shape index (κ3) is 3.44. The van der Waals surface area contributed by atoms with Crippen LogP contribution in [0.2, 0.25) is 5.02 Å². The van der Waals surface area contributed by atoms with Crippen LogP contribution >= 0.6 is 23.4 Å². The minimum atomic E-state index is -0.310. The Balaban J connectivity index is 1.93. The monoisotopic (exact) mass is 283 g/mol. The smallest absolute Gasteiger partial charge is 0.238 e. The first-order valence-corrected chi connectivity index (χ1v) is 6.35. The Kier molecular flexibility index (Phi) is 4.16. The van der Waals surface area contributed by atoms with E-state index in [2.05, 4.69) is 25.5 Å². The molecule has 0 bridgehead atoms. The molecular weight excluding hydrogens is 274 g/mol. The maximum absolute atomic E-state index is 11.9. The van der Waals surface area contributed by atoms with Crippen molar-refractivity contribution < 1.29 is 4.79 Å². The fourth-order valence-electron chi connectivity index (χ4n) is 1.15. The van der Waals surface area contributed by atoms with Crippen LogP contribution in [0.25, 0.3) is 0 Å². The molecule has 0 aromatic carbocycles. The zero-order chi connectivity index (χ0) is 13.0. The van der Waals surface area contributed by atoms with E-state index in [1.807, 2.05) is 0 Å². The summed E-state index contributed by atoms with van der Waals surface area (Å²) in [6.07, 6.45) is 2.87. The summed E-state index contributed by atoms with van der Waals surface area (Å²) in [5.41, 5.74) is 0. The molecule has 2 heterocycles. The van der Waals surface area contributed by atoms with Gasteiger partial charge in [0.05, 0.1) is 10.3 Å². The lowest BCUT2D eigenvalue weighted by atomic mass is 10.4. The highest BCUT2D eigenvalue weighted by Crippen LogP contribution is 2.19. The Morgan fingerprint density at radius 3 is 2.94 bits per heavy atom. The number of hydrogen-bond acceptors (Lipinski definition) is 5. The van der Waals surface area contributed by atoms with E-state index in [1.165, 1.54) is 24.3 Å². The molecule has 2 rings (SSSR count). The van der Waals surface area contributed by atoms with Crippen molar-refractivity contribution in [2.24, 2.45) is 0 Å². The summed E-state index contributed by atoms with van der Waals surface area (Å²) in [6, 6.07) is 3.31. The molecule has 2 aromatic heterocycles. The normalized spacial score (nSPS) is 12.1. The van der Waals surface area contributed by atoms with E-state index in [9.17, 15) is 4.79 Å². The topological polar surface area (TPSA) is 83.6 Å². The number of nitrogens with zero attached hydrogens (tertiary/aromatic N) is 3. The first-order chi connectivity index (χ1) is 8.65. The second-order valence-electron chi connectivity index (χ2n) is 3.40. The van der Waals surface area contributed by atoms with Gasteiger partial charge in [0, 0.05) is 6.20 Å². The Morgan fingerprint density at radius 2 is 2.33 bits per heavy atom. The standard InChI is InChI=1S/C10H10ClN5OS/c1-6(18-10-13-5-14-16-10)9(17)15-8-3-2-7(11)4-12-8/h2-6H,1H3,(H,12,15,17)(H,13,14,16)/t6-/m1/s1. The van der Waals surface area contributed by atoms with Crippen molar-refractivity contribution in [3.05, 3.63) is 29.7 Å². The molecule has 94 valence electrons. The van der Waals surface area contributed by atoms with Gasteiger partial charge in [0.15, 0.2) is 5.16 Å². The maximum atomic E-state index is 11.9. The number of halogens is 1. The molecule has 1 atom stereocenters. The van der Waals surface area contributed by atoms with Crippen molar-refractivity contribution in [1.29, 1.82) is 0 Å². The van der Waals surface area contributed by atoms with Crippen LogP contribution in [0.3, 0.4) is 0 Å². The van der Waals surface area contributed by atoms with Gasteiger partial charge >= 0.3 is 0 Å². The minimum absolute atomic E-state index is 0.161. The molecule has 2 aromatic rings. The van der Waals surface area contributed by atoms with Gasteiger partial charge in [0.25, 0.3) is 0 Å². The summed E-state index contributed by atoms with van der Waals surface area (Å²) in [4.78, 5) is 19.8. The fourth-order valence-corrected chi connectivity index (χ4v) is 1.98. The molecule has 0 radical (unpaired) electrons. The minimum Gasteiger partial charge on any atom is -0.310 e. The number of H-pyrrole nitrogens is 1. The number of aromatic amines is 1. The average molecular weight is 284 g/mol. The number of rotatable bonds is 4. The van der Waals surface area contributed by atoms with E-state index < -0.39 is 0 Å². The Morgan fingerprint density at radius 1 is 1.50 bits per heavy atom. The summed E-state index contributed by atoms with van der Waals surface area (Å²) in [7, 11) is 0. The molecule has 0 unspecified atom stereocenters. The van der Waals surface area contributed by atoms with Crippen LogP contribution in [-0.2, 0) is 4.79 Å². The van der Waals surface area contributed by atoms with Crippen LogP contribution in [-0.4, -0.2) is 31.3 Å². The van der Waals surface area contributed by atoms with E-state index in [0.29, 0.717) is 16.0 Å². The van der Waals surface area contributed by atoms with Crippen molar-refractivity contribution >= 4 is 35.1 Å². The van der Waals surface area contributed by atoms with Gasteiger partial charge in [0.2, 0.25) is 5.91 Å². The highest BCUT2D eigenvalue weighted by atomic mass is 35.5. The molecule has 0 fully saturated rings. The Bertz CT molecular complexity index is 516. The summed E-state index contributed by atoms with van der Waals surface area (Å²) in [5.74, 6) is 0.306. The third-order valence-electron chi connectivity index (χ3n) is 2.03. The van der Waals surface area contributed by atoms with Crippen molar-refractivity contribution in [2.75, 3.05) is 5.32 Å². The molecule has 0 aliphatic rings. The molecular formula is C10H10ClN5OS. The first-order valence-electron chi connectivity index (χ1n) is 5.09. The van der Waals surface area contributed by atoms with Crippen molar-refractivity contribution in [1.82, 2.24) is 20.2 Å². The molecule has 1 amide bonds. The van der Waals surface area contributed by atoms with E-state index in [0.717, 1.165) is 0 Å². The molecule has 2 N–H and O–H groups in total. The predicted octanol–water partition coefficient (Wildman–Crippen LogP) is 1.97. The molecule has 0 aliphatic carbocycles. The Labute approximate surface area is 113 Å². The molecule has 0 aliphatic heterocycles. The van der Waals surface area contributed by atoms with Gasteiger partial charge in [-0.2, -0.15) is 5.10 Å². The van der Waals surface area contributed by atoms with Crippen LogP contribution in [0.4, 0.5) is 5.82 Å². The van der Waals surface area contributed by atoms with E-state index in [1.54, 1.807) is 19.1 Å². The van der Waals surface area contributed by atoms with Gasteiger partial charge in [0.1, 0.15) is 12.1 Å². The largest absolute Gasteiger partial charge is 0.310 e. The number of thioether (sulfide) groups is 1. The third-order valence-corrected chi connectivity index (χ3v) is 3.24. The fraction of sp³-hybridized carbons (Fsp3) is 0.200. The van der Waals surface area contributed by atoms with E-state index in [4.69, 9.17) is 11.6 Å². The number of nitrogens with one attached hydrogen (secondary N) is 2. The zero-order valence-corrected chi connectivity index (χ0v) is 11.0. The number of anilines is 1. The summed E-state index contributed by atoms with van der Waals surface area (Å²) < 4.78 is 0. The molecule has 6 nitrogen and oxygen atoms in total. The molecule has 18 heavy (non-hydrogen) atoms. The number of carbonyl (C=O) groups excluding carboxylic acids is 1. The lowest BCUT2D eigenvalue weighted by molar-refractivity contribution is -0.115. The van der Waals surface area contributed by atoms with Crippen LogP contribution in [0.15, 0.2) is 29.8 Å². The lowest BCUT2D eigenvalue weighted by Crippen LogP contribution is -2.23. The van der Waals surface area contributed by atoms with Gasteiger partial charge in [-0.25, -0.2) is 9.97 Å². The second kappa shape index (κ2) is 5.83. The summed E-state index contributed by atoms with van der Waals surface area (Å²) in [5, 5.41) is 9.90. The number of aromatic nitrogens is 4. The lowest BCUT2D eigenvalue weighted by Gasteiger charge is -2.09. The van der Waals surface area contributed by atoms with Crippen LogP contribution in [0.1, 0.15) is 6.92 Å². The molecule has 8 heteroatoms. The van der Waals surface area contributed by atoms with Gasteiger partial charge in [-0.05, 0) is 19.1 Å². The number of amides is 1. The highest BCUT2D eigenvalue weighted by molar-refractivity contribution is 8.00. The van der Waals surface area contributed by atoms with Crippen molar-refractivity contribution in [3.63, 3.8) is 0 Å². The number of carbonyl (C=O) groups is 1. The first kappa shape index (κ1) is 12.8. The Hall–Kier alpha value is -1.60.